The molecule has 24 heavy (non-hydrogen) atoms. The molecule has 0 aromatic rings. The second-order valence-corrected chi connectivity index (χ2v) is 8.84. The SMILES string of the molecule is COC[C@H]1O[C@@H](C)[C@H](OP([O-])(=S)OCC2O[C@@H](C)C[C@@H]2OC)[C@@H]1O. The van der Waals surface area contributed by atoms with Crippen LogP contribution in [0.1, 0.15) is 20.3 Å². The Morgan fingerprint density at radius 3 is 2.54 bits per heavy atom. The van der Waals surface area contributed by atoms with E-state index in [4.69, 9.17) is 39.8 Å². The summed E-state index contributed by atoms with van der Waals surface area (Å²) < 4.78 is 32.2. The average molecular weight is 385 g/mol. The summed E-state index contributed by atoms with van der Waals surface area (Å²) in [6, 6.07) is 0. The average Bonchev–Trinajstić information content (AvgIpc) is 3.00. The lowest BCUT2D eigenvalue weighted by Crippen LogP contribution is -2.37. The molecule has 0 saturated carbocycles. The molecule has 0 spiro atoms. The summed E-state index contributed by atoms with van der Waals surface area (Å²) in [5.41, 5.74) is 0. The van der Waals surface area contributed by atoms with Gasteiger partial charge in [-0.3, -0.25) is 0 Å². The minimum atomic E-state index is -3.80. The van der Waals surface area contributed by atoms with Crippen LogP contribution in [0.4, 0.5) is 0 Å². The van der Waals surface area contributed by atoms with Gasteiger partial charge in [0.05, 0.1) is 31.5 Å². The number of ether oxygens (including phenoxy) is 4. The molecule has 8 nitrogen and oxygen atoms in total. The highest BCUT2D eigenvalue weighted by atomic mass is 32.5. The molecule has 142 valence electrons. The Morgan fingerprint density at radius 2 is 1.92 bits per heavy atom. The third kappa shape index (κ3) is 5.17. The van der Waals surface area contributed by atoms with Crippen molar-refractivity contribution in [2.75, 3.05) is 27.4 Å². The number of hydrogen-bond donors (Lipinski definition) is 1. The van der Waals surface area contributed by atoms with Crippen LogP contribution in [0.5, 0.6) is 0 Å². The van der Waals surface area contributed by atoms with E-state index in [0.717, 1.165) is 6.42 Å². The number of methoxy groups -OCH3 is 2. The molecular formula is C14H26O8PS-. The zero-order valence-electron chi connectivity index (χ0n) is 14.3. The number of hydrogen-bond acceptors (Lipinski definition) is 9. The second-order valence-electron chi connectivity index (χ2n) is 6.13. The summed E-state index contributed by atoms with van der Waals surface area (Å²) in [4.78, 5) is 12.4. The minimum Gasteiger partial charge on any atom is -0.780 e. The Morgan fingerprint density at radius 1 is 1.21 bits per heavy atom. The molecule has 8 atom stereocenters. The highest BCUT2D eigenvalue weighted by Gasteiger charge is 2.43. The molecule has 2 rings (SSSR count). The van der Waals surface area contributed by atoms with E-state index in [2.05, 4.69) is 0 Å². The van der Waals surface area contributed by atoms with Crippen LogP contribution in [0.25, 0.3) is 0 Å². The fraction of sp³-hybridized carbons (Fsp3) is 1.00. The molecule has 0 bridgehead atoms. The molecular weight excluding hydrogens is 359 g/mol. The summed E-state index contributed by atoms with van der Waals surface area (Å²) in [7, 11) is 3.09. The molecule has 0 aromatic heterocycles. The summed E-state index contributed by atoms with van der Waals surface area (Å²) in [6.45, 7) is 0.0448. The van der Waals surface area contributed by atoms with E-state index >= 15 is 0 Å². The smallest absolute Gasteiger partial charge is 0.118 e. The molecule has 1 N–H and O–H groups in total. The fourth-order valence-electron chi connectivity index (χ4n) is 3.03. The van der Waals surface area contributed by atoms with Gasteiger partial charge in [0.1, 0.15) is 31.1 Å². The molecule has 2 fully saturated rings. The van der Waals surface area contributed by atoms with Gasteiger partial charge in [0.25, 0.3) is 0 Å². The van der Waals surface area contributed by atoms with Crippen molar-refractivity contribution in [3.63, 3.8) is 0 Å². The van der Waals surface area contributed by atoms with Crippen LogP contribution in [0, 0.1) is 0 Å². The zero-order chi connectivity index (χ0) is 17.9. The van der Waals surface area contributed by atoms with E-state index in [-0.39, 0.29) is 31.5 Å². The quantitative estimate of drug-likeness (QED) is 0.577. The van der Waals surface area contributed by atoms with E-state index in [1.165, 1.54) is 7.11 Å². The van der Waals surface area contributed by atoms with Crippen molar-refractivity contribution in [2.24, 2.45) is 0 Å². The Hall–Kier alpha value is 0.330. The lowest BCUT2D eigenvalue weighted by molar-refractivity contribution is -0.217. The van der Waals surface area contributed by atoms with Crippen LogP contribution in [0.3, 0.4) is 0 Å². The van der Waals surface area contributed by atoms with Crippen molar-refractivity contribution in [1.82, 2.24) is 0 Å². The van der Waals surface area contributed by atoms with Gasteiger partial charge in [0.2, 0.25) is 0 Å². The lowest BCUT2D eigenvalue weighted by Gasteiger charge is -2.33. The first-order valence-corrected chi connectivity index (χ1v) is 10.5. The van der Waals surface area contributed by atoms with E-state index in [1.807, 2.05) is 6.92 Å². The topological polar surface area (TPSA) is 98.7 Å². The molecule has 0 aromatic carbocycles. The van der Waals surface area contributed by atoms with Crippen molar-refractivity contribution in [3.8, 4) is 0 Å². The highest BCUT2D eigenvalue weighted by molar-refractivity contribution is 8.06. The minimum absolute atomic E-state index is 0.00315. The molecule has 0 radical (unpaired) electrons. The predicted octanol–water partition coefficient (Wildman–Crippen LogP) is -0.0400. The molecule has 10 heteroatoms. The van der Waals surface area contributed by atoms with Gasteiger partial charge in [0.15, 0.2) is 0 Å². The van der Waals surface area contributed by atoms with Crippen molar-refractivity contribution in [3.05, 3.63) is 0 Å². The van der Waals surface area contributed by atoms with Gasteiger partial charge in [-0.1, -0.05) is 11.8 Å². The third-order valence-corrected chi connectivity index (χ3v) is 5.78. The highest BCUT2D eigenvalue weighted by Crippen LogP contribution is 2.44. The normalized spacial score (nSPS) is 42.3. The lowest BCUT2D eigenvalue weighted by atomic mass is 10.1. The van der Waals surface area contributed by atoms with Gasteiger partial charge < -0.3 is 38.0 Å². The van der Waals surface area contributed by atoms with Crippen LogP contribution < -0.4 is 4.89 Å². The summed E-state index contributed by atoms with van der Waals surface area (Å²) >= 11 is 4.94. The van der Waals surface area contributed by atoms with E-state index in [9.17, 15) is 10.00 Å². The largest absolute Gasteiger partial charge is 0.780 e. The van der Waals surface area contributed by atoms with Gasteiger partial charge in [0, 0.05) is 20.6 Å². The van der Waals surface area contributed by atoms with Crippen molar-refractivity contribution in [1.29, 1.82) is 0 Å². The number of aliphatic hydroxyl groups is 1. The summed E-state index contributed by atoms with van der Waals surface area (Å²) in [5, 5.41) is 10.2. The van der Waals surface area contributed by atoms with Gasteiger partial charge in [-0.15, -0.1) is 0 Å². The van der Waals surface area contributed by atoms with Crippen LogP contribution in [-0.2, 0) is 39.8 Å². The van der Waals surface area contributed by atoms with E-state index in [1.54, 1.807) is 14.0 Å². The summed E-state index contributed by atoms with van der Waals surface area (Å²) in [5.74, 6) is 0. The fourth-order valence-corrected chi connectivity index (χ4v) is 4.50. The Bertz CT molecular complexity index is 452. The first kappa shape index (κ1) is 20.6. The van der Waals surface area contributed by atoms with Gasteiger partial charge >= 0.3 is 0 Å². The maximum absolute atomic E-state index is 12.4. The Balaban J connectivity index is 1.88. The molecule has 0 aliphatic carbocycles. The first-order valence-electron chi connectivity index (χ1n) is 7.92. The second kappa shape index (κ2) is 8.81. The molecule has 2 unspecified atom stereocenters. The molecule has 0 amide bonds. The first-order chi connectivity index (χ1) is 11.3. The monoisotopic (exact) mass is 385 g/mol. The van der Waals surface area contributed by atoms with Crippen LogP contribution in [0.2, 0.25) is 0 Å². The molecule has 2 heterocycles. The number of rotatable bonds is 8. The van der Waals surface area contributed by atoms with Gasteiger partial charge in [-0.25, -0.2) is 0 Å². The van der Waals surface area contributed by atoms with E-state index < -0.39 is 31.1 Å². The van der Waals surface area contributed by atoms with Crippen LogP contribution in [-0.4, -0.2) is 75.3 Å². The third-order valence-electron chi connectivity index (χ3n) is 4.24. The number of aliphatic hydroxyl groups excluding tert-OH is 1. The van der Waals surface area contributed by atoms with Gasteiger partial charge in [-0.2, -0.15) is 0 Å². The maximum atomic E-state index is 12.4. The Kier molecular flexibility index (Phi) is 7.58. The molecule has 2 aliphatic rings. The molecule has 2 saturated heterocycles. The van der Waals surface area contributed by atoms with Gasteiger partial charge in [-0.05, 0) is 13.8 Å². The van der Waals surface area contributed by atoms with Crippen molar-refractivity contribution in [2.45, 2.75) is 63.0 Å². The van der Waals surface area contributed by atoms with Crippen LogP contribution >= 0.6 is 6.72 Å². The predicted molar refractivity (Wildman–Crippen MR) is 87.1 cm³/mol. The van der Waals surface area contributed by atoms with Crippen LogP contribution in [0.15, 0.2) is 0 Å². The summed E-state index contributed by atoms with van der Waals surface area (Å²) in [6.07, 6.45) is -2.58. The standard InChI is InChI=1S/C14H27O8PS/c1-8-5-10(18-4)11(20-8)7-19-23(16,24)22-14-9(2)21-12(6-17-3)13(14)15/h8-15H,5-7H2,1-4H3,(H,16,24)/p-1/t8-,9-,10-,11?,12+,13+,14-,23?/m0/s1. The maximum Gasteiger partial charge on any atom is 0.118 e. The molecule has 2 aliphatic heterocycles. The van der Waals surface area contributed by atoms with Crippen molar-refractivity contribution >= 4 is 18.5 Å². The van der Waals surface area contributed by atoms with Crippen molar-refractivity contribution < 1.29 is 38.0 Å². The van der Waals surface area contributed by atoms with E-state index in [0.29, 0.717) is 0 Å². The zero-order valence-corrected chi connectivity index (χ0v) is 16.0. The Labute approximate surface area is 147 Å².